The van der Waals surface area contributed by atoms with E-state index in [1.54, 1.807) is 30.3 Å². The molecule has 0 spiro atoms. The fourth-order valence-electron chi connectivity index (χ4n) is 3.02. The second kappa shape index (κ2) is 6.41. The lowest BCUT2D eigenvalue weighted by atomic mass is 10.1. The van der Waals surface area contributed by atoms with Crippen LogP contribution in [0.4, 0.5) is 0 Å². The third-order valence-corrected chi connectivity index (χ3v) is 4.35. The average molecular weight is 344 g/mol. The van der Waals surface area contributed by atoms with Gasteiger partial charge in [-0.2, -0.15) is 0 Å². The summed E-state index contributed by atoms with van der Waals surface area (Å²) >= 11 is 0. The van der Waals surface area contributed by atoms with Crippen LogP contribution in [-0.4, -0.2) is 18.2 Å². The zero-order chi connectivity index (χ0) is 18.1. The molecule has 0 unspecified atom stereocenters. The predicted octanol–water partition coefficient (Wildman–Crippen LogP) is 4.93. The van der Waals surface area contributed by atoms with Gasteiger partial charge in [0.25, 0.3) is 0 Å². The maximum Gasteiger partial charge on any atom is 0.343 e. The zero-order valence-corrected chi connectivity index (χ0v) is 14.1. The van der Waals surface area contributed by atoms with Gasteiger partial charge in [-0.15, -0.1) is 0 Å². The smallest absolute Gasteiger partial charge is 0.343 e. The van der Waals surface area contributed by atoms with E-state index in [0.29, 0.717) is 22.1 Å². The molecule has 0 atom stereocenters. The Balaban J connectivity index is 1.76. The normalized spacial score (nSPS) is 10.8. The van der Waals surface area contributed by atoms with E-state index >= 15 is 0 Å². The van der Waals surface area contributed by atoms with Gasteiger partial charge >= 0.3 is 5.97 Å². The van der Waals surface area contributed by atoms with Crippen molar-refractivity contribution in [2.45, 2.75) is 0 Å². The molecule has 0 saturated heterocycles. The molecule has 0 amide bonds. The molecule has 0 aliphatic heterocycles. The molecule has 4 nitrogen and oxygen atoms in total. The Hall–Kier alpha value is -3.53. The number of hydrogen-bond acceptors (Lipinski definition) is 4. The standard InChI is InChI=1S/C22H16O4/c1-25-20-13-19(17-8-4-5-9-18(17)21(20)23)26-22(24)16-11-10-14-6-2-3-7-15(14)12-16/h2-13,23H,1H3. The van der Waals surface area contributed by atoms with Crippen molar-refractivity contribution in [1.29, 1.82) is 0 Å². The zero-order valence-electron chi connectivity index (χ0n) is 14.1. The lowest BCUT2D eigenvalue weighted by molar-refractivity contribution is 0.0737. The van der Waals surface area contributed by atoms with Gasteiger partial charge in [-0.05, 0) is 22.9 Å². The first kappa shape index (κ1) is 16.0. The molecule has 0 aliphatic rings. The van der Waals surface area contributed by atoms with Gasteiger partial charge < -0.3 is 14.6 Å². The largest absolute Gasteiger partial charge is 0.504 e. The van der Waals surface area contributed by atoms with E-state index in [9.17, 15) is 9.90 Å². The summed E-state index contributed by atoms with van der Waals surface area (Å²) in [6, 6.07) is 21.9. The molecule has 4 heteroatoms. The quantitative estimate of drug-likeness (QED) is 0.423. The van der Waals surface area contributed by atoms with Gasteiger partial charge in [-0.25, -0.2) is 4.79 Å². The second-order valence-electron chi connectivity index (χ2n) is 5.92. The molecule has 0 radical (unpaired) electrons. The fraction of sp³-hybridized carbons (Fsp3) is 0.0455. The number of rotatable bonds is 3. The van der Waals surface area contributed by atoms with Crippen LogP contribution in [0.25, 0.3) is 21.5 Å². The van der Waals surface area contributed by atoms with E-state index in [-0.39, 0.29) is 11.5 Å². The highest BCUT2D eigenvalue weighted by atomic mass is 16.5. The molecule has 26 heavy (non-hydrogen) atoms. The summed E-state index contributed by atoms with van der Waals surface area (Å²) in [7, 11) is 1.46. The number of methoxy groups -OCH3 is 1. The molecule has 0 aromatic heterocycles. The summed E-state index contributed by atoms with van der Waals surface area (Å²) in [5, 5.41) is 13.5. The summed E-state index contributed by atoms with van der Waals surface area (Å²) in [4.78, 5) is 12.7. The van der Waals surface area contributed by atoms with E-state index in [1.807, 2.05) is 36.4 Å². The van der Waals surface area contributed by atoms with Crippen molar-refractivity contribution in [1.82, 2.24) is 0 Å². The van der Waals surface area contributed by atoms with Crippen LogP contribution < -0.4 is 9.47 Å². The van der Waals surface area contributed by atoms with Gasteiger partial charge in [0.15, 0.2) is 11.5 Å². The van der Waals surface area contributed by atoms with Crippen LogP contribution in [0.5, 0.6) is 17.2 Å². The molecule has 0 heterocycles. The molecule has 0 bridgehead atoms. The fourth-order valence-corrected chi connectivity index (χ4v) is 3.02. The molecule has 4 rings (SSSR count). The number of aromatic hydroxyl groups is 1. The van der Waals surface area contributed by atoms with Crippen LogP contribution in [0.2, 0.25) is 0 Å². The number of phenols is 1. The minimum Gasteiger partial charge on any atom is -0.504 e. The predicted molar refractivity (Wildman–Crippen MR) is 101 cm³/mol. The maximum absolute atomic E-state index is 12.7. The molecule has 0 saturated carbocycles. The number of carbonyl (C=O) groups is 1. The molecule has 4 aromatic carbocycles. The van der Waals surface area contributed by atoms with Crippen molar-refractivity contribution in [3.8, 4) is 17.2 Å². The van der Waals surface area contributed by atoms with Crippen molar-refractivity contribution in [2.24, 2.45) is 0 Å². The summed E-state index contributed by atoms with van der Waals surface area (Å²) in [5.74, 6) is 0.153. The second-order valence-corrected chi connectivity index (χ2v) is 5.92. The molecule has 4 aromatic rings. The molecule has 0 fully saturated rings. The Morgan fingerprint density at radius 2 is 1.50 bits per heavy atom. The van der Waals surface area contributed by atoms with Gasteiger partial charge in [-0.3, -0.25) is 0 Å². The number of esters is 1. The van der Waals surface area contributed by atoms with E-state index in [4.69, 9.17) is 9.47 Å². The van der Waals surface area contributed by atoms with Crippen LogP contribution >= 0.6 is 0 Å². The SMILES string of the molecule is COc1cc(OC(=O)c2ccc3ccccc3c2)c2ccccc2c1O. The first-order valence-corrected chi connectivity index (χ1v) is 8.17. The molecule has 1 N–H and O–H groups in total. The number of benzene rings is 4. The highest BCUT2D eigenvalue weighted by Gasteiger charge is 2.16. The van der Waals surface area contributed by atoms with E-state index in [1.165, 1.54) is 13.2 Å². The third kappa shape index (κ3) is 2.71. The van der Waals surface area contributed by atoms with Crippen LogP contribution in [0.15, 0.2) is 72.8 Å². The molecular weight excluding hydrogens is 328 g/mol. The Bertz CT molecular complexity index is 1130. The Labute approximate surface area is 150 Å². The maximum atomic E-state index is 12.7. The van der Waals surface area contributed by atoms with Crippen molar-refractivity contribution in [3.63, 3.8) is 0 Å². The number of phenolic OH excluding ortho intramolecular Hbond substituents is 1. The van der Waals surface area contributed by atoms with E-state index in [0.717, 1.165) is 10.8 Å². The van der Waals surface area contributed by atoms with Crippen LogP contribution in [0.1, 0.15) is 10.4 Å². The lowest BCUT2D eigenvalue weighted by Gasteiger charge is -2.12. The summed E-state index contributed by atoms with van der Waals surface area (Å²) in [6.07, 6.45) is 0. The summed E-state index contributed by atoms with van der Waals surface area (Å²) in [5.41, 5.74) is 0.458. The van der Waals surface area contributed by atoms with Crippen LogP contribution in [0.3, 0.4) is 0 Å². The van der Waals surface area contributed by atoms with Crippen molar-refractivity contribution in [2.75, 3.05) is 7.11 Å². The van der Waals surface area contributed by atoms with E-state index < -0.39 is 5.97 Å². The molecule has 0 aliphatic carbocycles. The first-order valence-electron chi connectivity index (χ1n) is 8.17. The minimum absolute atomic E-state index is 0.0219. The molecular formula is C22H16O4. The molecule has 128 valence electrons. The average Bonchev–Trinajstić information content (AvgIpc) is 2.69. The van der Waals surface area contributed by atoms with Crippen molar-refractivity contribution in [3.05, 3.63) is 78.4 Å². The van der Waals surface area contributed by atoms with Crippen molar-refractivity contribution >= 4 is 27.5 Å². The number of fused-ring (bicyclic) bond motifs is 2. The van der Waals surface area contributed by atoms with Gasteiger partial charge in [0.2, 0.25) is 0 Å². The number of ether oxygens (including phenoxy) is 2. The topological polar surface area (TPSA) is 55.8 Å². The van der Waals surface area contributed by atoms with Crippen LogP contribution in [0, 0.1) is 0 Å². The number of carbonyl (C=O) groups excluding carboxylic acids is 1. The van der Waals surface area contributed by atoms with Gasteiger partial charge in [0, 0.05) is 16.8 Å². The third-order valence-electron chi connectivity index (χ3n) is 4.35. The lowest BCUT2D eigenvalue weighted by Crippen LogP contribution is -2.09. The highest BCUT2D eigenvalue weighted by molar-refractivity contribution is 6.00. The minimum atomic E-state index is -0.464. The van der Waals surface area contributed by atoms with Crippen LogP contribution in [-0.2, 0) is 0 Å². The Morgan fingerprint density at radius 1 is 0.808 bits per heavy atom. The van der Waals surface area contributed by atoms with Gasteiger partial charge in [0.1, 0.15) is 5.75 Å². The first-order chi connectivity index (χ1) is 12.7. The summed E-state index contributed by atoms with van der Waals surface area (Å²) in [6.45, 7) is 0. The Morgan fingerprint density at radius 3 is 2.27 bits per heavy atom. The van der Waals surface area contributed by atoms with Gasteiger partial charge in [0.05, 0.1) is 12.7 Å². The van der Waals surface area contributed by atoms with E-state index in [2.05, 4.69) is 0 Å². The van der Waals surface area contributed by atoms with Crippen molar-refractivity contribution < 1.29 is 19.4 Å². The highest BCUT2D eigenvalue weighted by Crippen LogP contribution is 2.40. The van der Waals surface area contributed by atoms with Gasteiger partial charge in [-0.1, -0.05) is 54.6 Å². The monoisotopic (exact) mass is 344 g/mol. The Kier molecular flexibility index (Phi) is 3.93. The number of hydrogen-bond donors (Lipinski definition) is 1. The summed E-state index contributed by atoms with van der Waals surface area (Å²) < 4.78 is 10.8.